The summed E-state index contributed by atoms with van der Waals surface area (Å²) in [6.45, 7) is 5.53. The summed E-state index contributed by atoms with van der Waals surface area (Å²) in [5.41, 5.74) is 5.52. The van der Waals surface area contributed by atoms with Gasteiger partial charge in [-0.25, -0.2) is 4.99 Å². The first-order valence-electron chi connectivity index (χ1n) is 10.4. The van der Waals surface area contributed by atoms with Crippen LogP contribution < -0.4 is 9.47 Å². The highest BCUT2D eigenvalue weighted by molar-refractivity contribution is 5.88. The fourth-order valence-electron chi connectivity index (χ4n) is 3.98. The Bertz CT molecular complexity index is 1220. The van der Waals surface area contributed by atoms with Crippen LogP contribution in [0.3, 0.4) is 0 Å². The van der Waals surface area contributed by atoms with Crippen molar-refractivity contribution in [1.82, 2.24) is 14.9 Å². The zero-order valence-electron chi connectivity index (χ0n) is 18.7. The summed E-state index contributed by atoms with van der Waals surface area (Å²) in [6.07, 6.45) is 2.55. The number of fused-ring (bicyclic) bond motifs is 1. The predicted molar refractivity (Wildman–Crippen MR) is 123 cm³/mol. The van der Waals surface area contributed by atoms with Crippen LogP contribution in [0.4, 0.5) is 5.69 Å². The second-order valence-corrected chi connectivity index (χ2v) is 7.60. The molecule has 0 fully saturated rings. The fraction of sp³-hybridized carbons (Fsp3) is 0.280. The van der Waals surface area contributed by atoms with Crippen molar-refractivity contribution in [3.63, 3.8) is 0 Å². The summed E-state index contributed by atoms with van der Waals surface area (Å²) in [5.74, 6) is 1.79. The van der Waals surface area contributed by atoms with E-state index < -0.39 is 0 Å². The molecule has 0 N–H and O–H groups in total. The second kappa shape index (κ2) is 9.06. The Morgan fingerprint density at radius 2 is 2.03 bits per heavy atom. The molecule has 0 aliphatic carbocycles. The third-order valence-corrected chi connectivity index (χ3v) is 5.61. The average molecular weight is 428 g/mol. The maximum absolute atomic E-state index is 10.1. The lowest BCUT2D eigenvalue weighted by Crippen LogP contribution is -2.34. The highest BCUT2D eigenvalue weighted by Gasteiger charge is 2.23. The van der Waals surface area contributed by atoms with Crippen LogP contribution in [-0.2, 0) is 13.0 Å². The summed E-state index contributed by atoms with van der Waals surface area (Å²) in [4.78, 5) is 16.1. The van der Waals surface area contributed by atoms with E-state index in [2.05, 4.69) is 27.0 Å². The molecule has 0 bridgehead atoms. The van der Waals surface area contributed by atoms with Gasteiger partial charge in [-0.2, -0.15) is 5.26 Å². The number of aryl methyl sites for hydroxylation is 1. The van der Waals surface area contributed by atoms with E-state index in [1.165, 1.54) is 5.56 Å². The van der Waals surface area contributed by atoms with Crippen LogP contribution in [0.15, 0.2) is 47.6 Å². The van der Waals surface area contributed by atoms with Crippen molar-refractivity contribution in [2.75, 3.05) is 20.8 Å². The van der Waals surface area contributed by atoms with Gasteiger partial charge in [-0.3, -0.25) is 9.97 Å². The number of hydrogen-bond donors (Lipinski definition) is 0. The van der Waals surface area contributed by atoms with Crippen LogP contribution in [0, 0.1) is 18.3 Å². The van der Waals surface area contributed by atoms with Crippen LogP contribution in [0.2, 0.25) is 0 Å². The molecule has 0 saturated carbocycles. The van der Waals surface area contributed by atoms with Gasteiger partial charge >= 0.3 is 0 Å². The first-order chi connectivity index (χ1) is 15.5. The first-order valence-corrected chi connectivity index (χ1v) is 10.4. The van der Waals surface area contributed by atoms with Gasteiger partial charge in [0.05, 0.1) is 36.7 Å². The molecule has 1 aromatic carbocycles. The fourth-order valence-corrected chi connectivity index (χ4v) is 3.98. The van der Waals surface area contributed by atoms with E-state index in [0.29, 0.717) is 34.0 Å². The Kier molecular flexibility index (Phi) is 6.04. The number of hydrogen-bond acceptors (Lipinski definition) is 6. The van der Waals surface area contributed by atoms with Crippen molar-refractivity contribution in [2.24, 2.45) is 4.99 Å². The Morgan fingerprint density at radius 1 is 1.19 bits per heavy atom. The van der Waals surface area contributed by atoms with Gasteiger partial charge in [-0.1, -0.05) is 12.1 Å². The number of benzene rings is 1. The van der Waals surface area contributed by atoms with Crippen molar-refractivity contribution < 1.29 is 9.47 Å². The van der Waals surface area contributed by atoms with E-state index in [9.17, 15) is 5.26 Å². The van der Waals surface area contributed by atoms with Crippen LogP contribution >= 0.6 is 0 Å². The number of methoxy groups -OCH3 is 2. The van der Waals surface area contributed by atoms with Gasteiger partial charge < -0.3 is 14.4 Å². The lowest BCUT2D eigenvalue weighted by molar-refractivity contribution is 0.356. The number of nitriles is 1. The minimum atomic E-state index is 0.399. The van der Waals surface area contributed by atoms with Gasteiger partial charge in [0.15, 0.2) is 11.5 Å². The molecule has 7 heteroatoms. The van der Waals surface area contributed by atoms with Crippen LogP contribution in [0.5, 0.6) is 11.5 Å². The van der Waals surface area contributed by atoms with Crippen molar-refractivity contribution in [3.05, 3.63) is 65.1 Å². The van der Waals surface area contributed by atoms with Crippen LogP contribution in [-0.4, -0.2) is 41.5 Å². The van der Waals surface area contributed by atoms with Crippen LogP contribution in [0.25, 0.3) is 11.3 Å². The molecular weight excluding hydrogens is 402 g/mol. The van der Waals surface area contributed by atoms with Gasteiger partial charge in [0.2, 0.25) is 0 Å². The molecule has 3 heterocycles. The number of aliphatic imine (C=N–C) groups is 1. The molecule has 162 valence electrons. The first kappa shape index (κ1) is 21.3. The second-order valence-electron chi connectivity index (χ2n) is 7.60. The summed E-state index contributed by atoms with van der Waals surface area (Å²) in [5, 5.41) is 10.1. The zero-order valence-corrected chi connectivity index (χ0v) is 18.7. The number of nitrogens with zero attached hydrogens (tertiary/aromatic N) is 5. The number of ether oxygens (including phenoxy) is 2. The van der Waals surface area contributed by atoms with Crippen LogP contribution in [0.1, 0.15) is 29.4 Å². The molecule has 2 aromatic heterocycles. The van der Waals surface area contributed by atoms with Gasteiger partial charge in [-0.05, 0) is 37.6 Å². The summed E-state index contributed by atoms with van der Waals surface area (Å²) < 4.78 is 11.2. The summed E-state index contributed by atoms with van der Waals surface area (Å²) in [6, 6.07) is 13.8. The van der Waals surface area contributed by atoms with Crippen molar-refractivity contribution in [2.45, 2.75) is 26.8 Å². The third-order valence-electron chi connectivity index (χ3n) is 5.61. The molecule has 0 saturated heterocycles. The molecular formula is C25H25N5O2. The van der Waals surface area contributed by atoms with E-state index >= 15 is 0 Å². The maximum Gasteiger partial charge on any atom is 0.171 e. The highest BCUT2D eigenvalue weighted by Crippen LogP contribution is 2.44. The molecule has 1 aliphatic heterocycles. The minimum absolute atomic E-state index is 0.399. The molecule has 1 aliphatic rings. The van der Waals surface area contributed by atoms with Gasteiger partial charge in [-0.15, -0.1) is 0 Å². The number of rotatable bonds is 4. The van der Waals surface area contributed by atoms with Crippen molar-refractivity contribution >= 4 is 11.5 Å². The lowest BCUT2D eigenvalue weighted by atomic mass is 10.0. The topological polar surface area (TPSA) is 83.6 Å². The molecule has 0 unspecified atom stereocenters. The minimum Gasteiger partial charge on any atom is -0.493 e. The summed E-state index contributed by atoms with van der Waals surface area (Å²) in [7, 11) is 3.13. The molecule has 32 heavy (non-hydrogen) atoms. The third kappa shape index (κ3) is 4.00. The predicted octanol–water partition coefficient (Wildman–Crippen LogP) is 4.45. The van der Waals surface area contributed by atoms with E-state index in [1.807, 2.05) is 38.1 Å². The van der Waals surface area contributed by atoms with Crippen molar-refractivity contribution in [1.29, 1.82) is 5.26 Å². The smallest absolute Gasteiger partial charge is 0.171 e. The normalized spacial score (nSPS) is 13.3. The number of amidine groups is 1. The number of pyridine rings is 2. The van der Waals surface area contributed by atoms with E-state index in [4.69, 9.17) is 14.5 Å². The Balaban J connectivity index is 1.79. The molecule has 7 nitrogen and oxygen atoms in total. The van der Waals surface area contributed by atoms with Crippen molar-refractivity contribution in [3.8, 4) is 28.8 Å². The average Bonchev–Trinajstić information content (AvgIpc) is 2.83. The molecule has 4 rings (SSSR count). The SMILES string of the molecule is COc1cc(N=C(C)N2CCc3nc(C)ccc3C2)c(C#N)c(-c2ccccn2)c1OC. The molecule has 0 spiro atoms. The van der Waals surface area contributed by atoms with E-state index in [1.54, 1.807) is 26.5 Å². The lowest BCUT2D eigenvalue weighted by Gasteiger charge is -2.30. The Labute approximate surface area is 188 Å². The number of aromatic nitrogens is 2. The van der Waals surface area contributed by atoms with Gasteiger partial charge in [0.25, 0.3) is 0 Å². The van der Waals surface area contributed by atoms with Gasteiger partial charge in [0, 0.05) is 43.2 Å². The van der Waals surface area contributed by atoms with E-state index in [-0.39, 0.29) is 0 Å². The molecule has 0 atom stereocenters. The Morgan fingerprint density at radius 3 is 2.72 bits per heavy atom. The Hall–Kier alpha value is -3.92. The zero-order chi connectivity index (χ0) is 22.7. The van der Waals surface area contributed by atoms with E-state index in [0.717, 1.165) is 36.7 Å². The quantitative estimate of drug-likeness (QED) is 0.452. The molecule has 0 amide bonds. The largest absolute Gasteiger partial charge is 0.493 e. The monoisotopic (exact) mass is 427 g/mol. The molecule has 3 aromatic rings. The standard InChI is InChI=1S/C25H25N5O2/c1-16-8-9-18-15-30(12-10-20(18)28-16)17(2)29-22-13-23(31-3)25(32-4)24(19(22)14-26)21-7-5-6-11-27-21/h5-9,11,13H,10,12,15H2,1-4H3. The maximum atomic E-state index is 10.1. The highest BCUT2D eigenvalue weighted by atomic mass is 16.5. The molecule has 0 radical (unpaired) electrons. The van der Waals surface area contributed by atoms with Gasteiger partial charge in [0.1, 0.15) is 11.9 Å². The summed E-state index contributed by atoms with van der Waals surface area (Å²) >= 11 is 0.